The van der Waals surface area contributed by atoms with Gasteiger partial charge in [0, 0.05) is 56.6 Å². The topological polar surface area (TPSA) is 18.5 Å². The molecule has 0 aliphatic carbocycles. The van der Waals surface area contributed by atoms with E-state index in [1.54, 1.807) is 0 Å². The quantitative estimate of drug-likeness (QED) is 0.788. The van der Waals surface area contributed by atoms with Crippen molar-refractivity contribution in [3.05, 3.63) is 0 Å². The first kappa shape index (κ1) is 12.3. The van der Waals surface area contributed by atoms with Gasteiger partial charge in [0.1, 0.15) is 0 Å². The highest BCUT2D eigenvalue weighted by Crippen LogP contribution is 2.32. The molecule has 3 saturated heterocycles. The fourth-order valence-electron chi connectivity index (χ4n) is 3.42. The molecule has 17 heavy (non-hydrogen) atoms. The Labute approximate surface area is 109 Å². The molecule has 0 spiro atoms. The molecule has 4 heteroatoms. The predicted molar refractivity (Wildman–Crippen MR) is 74.7 cm³/mol. The molecular formula is C13H25N3S. The lowest BCUT2D eigenvalue weighted by atomic mass is 9.98. The van der Waals surface area contributed by atoms with Crippen molar-refractivity contribution < 1.29 is 0 Å². The minimum Gasteiger partial charge on any atom is -0.314 e. The fourth-order valence-corrected chi connectivity index (χ4v) is 4.66. The van der Waals surface area contributed by atoms with Gasteiger partial charge in [-0.2, -0.15) is 11.8 Å². The number of piperazine rings is 1. The number of hydrogen-bond acceptors (Lipinski definition) is 4. The standard InChI is InChI=1S/C13H25N3S/c1-11-13(3-2-8-17-11)16-9-12(10-16)15-6-4-14-5-7-15/h11-14H,2-10H2,1H3. The number of rotatable bonds is 2. The highest BCUT2D eigenvalue weighted by molar-refractivity contribution is 7.99. The zero-order chi connectivity index (χ0) is 11.7. The third kappa shape index (κ3) is 2.65. The molecule has 0 amide bonds. The van der Waals surface area contributed by atoms with E-state index in [4.69, 9.17) is 0 Å². The molecular weight excluding hydrogens is 230 g/mol. The van der Waals surface area contributed by atoms with Crippen LogP contribution in [0, 0.1) is 0 Å². The predicted octanol–water partition coefficient (Wildman–Crippen LogP) is 0.860. The van der Waals surface area contributed by atoms with Crippen LogP contribution in [0.25, 0.3) is 0 Å². The Kier molecular flexibility index (Phi) is 3.95. The summed E-state index contributed by atoms with van der Waals surface area (Å²) < 4.78 is 0. The molecule has 0 aromatic carbocycles. The van der Waals surface area contributed by atoms with E-state index in [-0.39, 0.29) is 0 Å². The summed E-state index contributed by atoms with van der Waals surface area (Å²) in [6.45, 7) is 9.97. The summed E-state index contributed by atoms with van der Waals surface area (Å²) in [6, 6.07) is 1.73. The van der Waals surface area contributed by atoms with Crippen molar-refractivity contribution >= 4 is 11.8 Å². The van der Waals surface area contributed by atoms with E-state index in [1.165, 1.54) is 57.9 Å². The van der Waals surface area contributed by atoms with Crippen molar-refractivity contribution in [1.82, 2.24) is 15.1 Å². The Hall–Kier alpha value is 0.230. The smallest absolute Gasteiger partial charge is 0.0351 e. The first-order valence-corrected chi connectivity index (χ1v) is 8.20. The highest BCUT2D eigenvalue weighted by Gasteiger charge is 2.38. The molecule has 98 valence electrons. The molecule has 0 bridgehead atoms. The van der Waals surface area contributed by atoms with E-state index in [9.17, 15) is 0 Å². The first-order chi connectivity index (χ1) is 8.34. The summed E-state index contributed by atoms with van der Waals surface area (Å²) in [5, 5.41) is 4.30. The van der Waals surface area contributed by atoms with E-state index in [2.05, 4.69) is 33.8 Å². The van der Waals surface area contributed by atoms with Gasteiger partial charge in [-0.15, -0.1) is 0 Å². The van der Waals surface area contributed by atoms with Crippen LogP contribution in [0.5, 0.6) is 0 Å². The molecule has 1 N–H and O–H groups in total. The summed E-state index contributed by atoms with van der Waals surface area (Å²) in [4.78, 5) is 5.43. The lowest BCUT2D eigenvalue weighted by Gasteiger charge is -2.52. The van der Waals surface area contributed by atoms with Crippen molar-refractivity contribution in [2.24, 2.45) is 0 Å². The fraction of sp³-hybridized carbons (Fsp3) is 1.00. The zero-order valence-corrected chi connectivity index (χ0v) is 11.7. The van der Waals surface area contributed by atoms with E-state index < -0.39 is 0 Å². The molecule has 0 aromatic rings. The van der Waals surface area contributed by atoms with Crippen LogP contribution in [0.3, 0.4) is 0 Å². The summed E-state index contributed by atoms with van der Waals surface area (Å²) in [7, 11) is 0. The van der Waals surface area contributed by atoms with Crippen molar-refractivity contribution in [3.8, 4) is 0 Å². The van der Waals surface area contributed by atoms with Gasteiger partial charge in [0.05, 0.1) is 0 Å². The molecule has 3 fully saturated rings. The molecule has 0 saturated carbocycles. The van der Waals surface area contributed by atoms with Gasteiger partial charge in [0.15, 0.2) is 0 Å². The van der Waals surface area contributed by atoms with Crippen molar-refractivity contribution in [3.63, 3.8) is 0 Å². The van der Waals surface area contributed by atoms with E-state index in [0.717, 1.165) is 17.3 Å². The molecule has 3 aliphatic heterocycles. The molecule has 0 aromatic heterocycles. The van der Waals surface area contributed by atoms with Crippen LogP contribution in [0.1, 0.15) is 19.8 Å². The van der Waals surface area contributed by atoms with Crippen LogP contribution in [0.2, 0.25) is 0 Å². The number of nitrogens with one attached hydrogen (secondary N) is 1. The second-order valence-corrected chi connectivity index (χ2v) is 7.16. The maximum atomic E-state index is 3.44. The Morgan fingerprint density at radius 3 is 2.59 bits per heavy atom. The third-order valence-corrected chi connectivity index (χ3v) is 5.96. The number of likely N-dealkylation sites (tertiary alicyclic amines) is 1. The number of hydrogen-bond donors (Lipinski definition) is 1. The van der Waals surface area contributed by atoms with Gasteiger partial charge in [0.2, 0.25) is 0 Å². The van der Waals surface area contributed by atoms with Crippen LogP contribution < -0.4 is 5.32 Å². The molecule has 3 rings (SSSR count). The van der Waals surface area contributed by atoms with Crippen LogP contribution in [0.15, 0.2) is 0 Å². The maximum absolute atomic E-state index is 3.44. The minimum absolute atomic E-state index is 0.854. The summed E-state index contributed by atoms with van der Waals surface area (Å²) in [5.41, 5.74) is 0. The van der Waals surface area contributed by atoms with Crippen LogP contribution >= 0.6 is 11.8 Å². The molecule has 2 unspecified atom stereocenters. The summed E-state index contributed by atoms with van der Waals surface area (Å²) in [5.74, 6) is 1.38. The van der Waals surface area contributed by atoms with Gasteiger partial charge in [0.25, 0.3) is 0 Å². The lowest BCUT2D eigenvalue weighted by molar-refractivity contribution is -0.00308. The molecule has 2 atom stereocenters. The van der Waals surface area contributed by atoms with Crippen molar-refractivity contribution in [2.75, 3.05) is 45.0 Å². The van der Waals surface area contributed by atoms with E-state index in [1.807, 2.05) is 0 Å². The van der Waals surface area contributed by atoms with Crippen LogP contribution in [-0.4, -0.2) is 72.2 Å². The van der Waals surface area contributed by atoms with Gasteiger partial charge in [-0.25, -0.2) is 0 Å². The van der Waals surface area contributed by atoms with Gasteiger partial charge in [-0.3, -0.25) is 9.80 Å². The average molecular weight is 255 g/mol. The largest absolute Gasteiger partial charge is 0.314 e. The van der Waals surface area contributed by atoms with E-state index >= 15 is 0 Å². The van der Waals surface area contributed by atoms with Gasteiger partial charge in [-0.05, 0) is 18.6 Å². The molecule has 3 aliphatic rings. The number of nitrogens with zero attached hydrogens (tertiary/aromatic N) is 2. The maximum Gasteiger partial charge on any atom is 0.0351 e. The first-order valence-electron chi connectivity index (χ1n) is 7.15. The van der Waals surface area contributed by atoms with Crippen LogP contribution in [0.4, 0.5) is 0 Å². The summed E-state index contributed by atoms with van der Waals surface area (Å²) in [6.07, 6.45) is 2.86. The lowest BCUT2D eigenvalue weighted by Crippen LogP contribution is -2.66. The third-order valence-electron chi connectivity index (χ3n) is 4.59. The normalized spacial score (nSPS) is 37.9. The van der Waals surface area contributed by atoms with Gasteiger partial charge in [-0.1, -0.05) is 6.92 Å². The monoisotopic (exact) mass is 255 g/mol. The molecule has 3 nitrogen and oxygen atoms in total. The SMILES string of the molecule is CC1SCCCC1N1CC(N2CCNCC2)C1. The Morgan fingerprint density at radius 2 is 1.88 bits per heavy atom. The molecule has 0 radical (unpaired) electrons. The van der Waals surface area contributed by atoms with E-state index in [0.29, 0.717) is 0 Å². The molecule has 3 heterocycles. The second-order valence-electron chi connectivity index (χ2n) is 5.68. The average Bonchev–Trinajstić information content (AvgIpc) is 2.31. The Morgan fingerprint density at radius 1 is 1.12 bits per heavy atom. The van der Waals surface area contributed by atoms with Gasteiger partial charge >= 0.3 is 0 Å². The van der Waals surface area contributed by atoms with Crippen molar-refractivity contribution in [1.29, 1.82) is 0 Å². The number of thioether (sulfide) groups is 1. The van der Waals surface area contributed by atoms with Crippen molar-refractivity contribution in [2.45, 2.75) is 37.1 Å². The highest BCUT2D eigenvalue weighted by atomic mass is 32.2. The van der Waals surface area contributed by atoms with Gasteiger partial charge < -0.3 is 5.32 Å². The van der Waals surface area contributed by atoms with Crippen LogP contribution in [-0.2, 0) is 0 Å². The Balaban J connectivity index is 1.46. The zero-order valence-electron chi connectivity index (χ0n) is 10.9. The summed E-state index contributed by atoms with van der Waals surface area (Å²) >= 11 is 2.18. The second kappa shape index (κ2) is 5.47. The minimum atomic E-state index is 0.854. The Bertz CT molecular complexity index is 249.